The predicted molar refractivity (Wildman–Crippen MR) is 36.1 cm³/mol. The molecule has 0 radical (unpaired) electrons. The lowest BCUT2D eigenvalue weighted by molar-refractivity contribution is -0.171. The van der Waals surface area contributed by atoms with Crippen LogP contribution in [-0.4, -0.2) is 25.1 Å². The molecular formula is C5H6F3NO3S. The van der Waals surface area contributed by atoms with E-state index < -0.39 is 26.7 Å². The van der Waals surface area contributed by atoms with Crippen LogP contribution in [0.25, 0.3) is 0 Å². The lowest BCUT2D eigenvalue weighted by atomic mass is 10.2. The third-order valence-corrected chi connectivity index (χ3v) is 3.60. The molecule has 0 aromatic rings. The maximum Gasteiger partial charge on any atom is 0.451 e. The number of rotatable bonds is 2. The maximum atomic E-state index is 11.8. The van der Waals surface area contributed by atoms with Gasteiger partial charge < -0.3 is 0 Å². The summed E-state index contributed by atoms with van der Waals surface area (Å²) in [7, 11) is -4.44. The lowest BCUT2D eigenvalue weighted by Gasteiger charge is -2.12. The molecule has 1 fully saturated rings. The van der Waals surface area contributed by atoms with E-state index in [0.29, 0.717) is 0 Å². The minimum atomic E-state index is -5.14. The molecule has 0 unspecified atom stereocenters. The number of hydrogen-bond donors (Lipinski definition) is 1. The molecule has 1 rings (SSSR count). The summed E-state index contributed by atoms with van der Waals surface area (Å²) in [5.74, 6) is -2.26. The molecule has 76 valence electrons. The van der Waals surface area contributed by atoms with Crippen molar-refractivity contribution < 1.29 is 26.4 Å². The average Bonchev–Trinajstić information content (AvgIpc) is 2.60. The zero-order chi connectivity index (χ0) is 10.5. The molecule has 4 nitrogen and oxygen atoms in total. The van der Waals surface area contributed by atoms with Crippen LogP contribution in [0.2, 0.25) is 0 Å². The van der Waals surface area contributed by atoms with Crippen molar-refractivity contribution in [3.63, 3.8) is 0 Å². The highest BCUT2D eigenvalue weighted by Gasteiger charge is 2.66. The Hall–Kier alpha value is -0.630. The molecule has 1 aliphatic rings. The van der Waals surface area contributed by atoms with Crippen LogP contribution in [0.5, 0.6) is 0 Å². The zero-order valence-electron chi connectivity index (χ0n) is 6.26. The number of ketones is 1. The molecule has 2 N–H and O–H groups in total. The molecule has 0 spiro atoms. The summed E-state index contributed by atoms with van der Waals surface area (Å²) in [5, 5.41) is 4.52. The number of hydrogen-bond acceptors (Lipinski definition) is 3. The fourth-order valence-electron chi connectivity index (χ4n) is 1.01. The molecule has 1 aliphatic carbocycles. The Morgan fingerprint density at radius 3 is 1.77 bits per heavy atom. The molecule has 0 atom stereocenters. The van der Waals surface area contributed by atoms with Gasteiger partial charge in [-0.1, -0.05) is 0 Å². The zero-order valence-corrected chi connectivity index (χ0v) is 7.07. The molecular weight excluding hydrogens is 211 g/mol. The van der Waals surface area contributed by atoms with Crippen molar-refractivity contribution in [2.24, 2.45) is 5.14 Å². The van der Waals surface area contributed by atoms with Gasteiger partial charge in [-0.25, -0.2) is 13.6 Å². The summed E-state index contributed by atoms with van der Waals surface area (Å²) in [5.41, 5.74) is 0. The van der Waals surface area contributed by atoms with E-state index in [-0.39, 0.29) is 12.8 Å². The predicted octanol–water partition coefficient (Wildman–Crippen LogP) is -0.0611. The highest BCUT2D eigenvalue weighted by molar-refractivity contribution is 7.91. The normalized spacial score (nSPS) is 21.2. The number of nitrogens with two attached hydrogens (primary N) is 1. The van der Waals surface area contributed by atoms with Gasteiger partial charge in [0.25, 0.3) is 5.78 Å². The summed E-state index contributed by atoms with van der Waals surface area (Å²) in [6.07, 6.45) is -5.82. The smallest absolute Gasteiger partial charge is 0.288 e. The summed E-state index contributed by atoms with van der Waals surface area (Å²) in [4.78, 5) is 10.6. The van der Waals surface area contributed by atoms with Gasteiger partial charge >= 0.3 is 6.18 Å². The van der Waals surface area contributed by atoms with Crippen LogP contribution in [-0.2, 0) is 14.8 Å². The van der Waals surface area contributed by atoms with Gasteiger partial charge in [0.15, 0.2) is 4.75 Å². The van der Waals surface area contributed by atoms with Gasteiger partial charge in [0.2, 0.25) is 10.0 Å². The number of carbonyl (C=O) groups excluding carboxylic acids is 1. The van der Waals surface area contributed by atoms with Crippen LogP contribution < -0.4 is 5.14 Å². The van der Waals surface area contributed by atoms with E-state index in [0.717, 1.165) is 0 Å². The second-order valence-electron chi connectivity index (χ2n) is 2.87. The maximum absolute atomic E-state index is 11.8. The fourth-order valence-corrected chi connectivity index (χ4v) is 2.06. The number of sulfonamides is 1. The average molecular weight is 217 g/mol. The summed E-state index contributed by atoms with van der Waals surface area (Å²) < 4.78 is 54.5. The lowest BCUT2D eigenvalue weighted by Crippen LogP contribution is -2.45. The van der Waals surface area contributed by atoms with E-state index in [4.69, 9.17) is 0 Å². The number of primary sulfonamides is 1. The molecule has 0 aromatic heterocycles. The SMILES string of the molecule is NS(=O)(=O)C1(C(=O)C(F)(F)F)CC1. The van der Waals surface area contributed by atoms with Crippen LogP contribution in [0.1, 0.15) is 12.8 Å². The van der Waals surface area contributed by atoms with Crippen molar-refractivity contribution in [1.82, 2.24) is 0 Å². The first-order chi connectivity index (χ1) is 5.61. The van der Waals surface area contributed by atoms with E-state index in [1.54, 1.807) is 0 Å². The number of alkyl halides is 3. The minimum absolute atomic E-state index is 0.343. The van der Waals surface area contributed by atoms with Crippen molar-refractivity contribution in [3.05, 3.63) is 0 Å². The van der Waals surface area contributed by atoms with E-state index in [1.165, 1.54) is 0 Å². The van der Waals surface area contributed by atoms with Gasteiger partial charge in [-0.05, 0) is 12.8 Å². The summed E-state index contributed by atoms with van der Waals surface area (Å²) in [6.45, 7) is 0. The number of carbonyl (C=O) groups is 1. The topological polar surface area (TPSA) is 77.2 Å². The van der Waals surface area contributed by atoms with Crippen molar-refractivity contribution in [3.8, 4) is 0 Å². The molecule has 0 aliphatic heterocycles. The first-order valence-electron chi connectivity index (χ1n) is 3.25. The quantitative estimate of drug-likeness (QED) is 0.703. The fraction of sp³-hybridized carbons (Fsp3) is 0.800. The van der Waals surface area contributed by atoms with Gasteiger partial charge in [-0.3, -0.25) is 4.79 Å². The summed E-state index contributed by atoms with van der Waals surface area (Å²) >= 11 is 0. The van der Waals surface area contributed by atoms with Crippen LogP contribution in [0.15, 0.2) is 0 Å². The number of Topliss-reactive ketones (excluding diaryl/α,β-unsaturated/α-hetero) is 1. The van der Waals surface area contributed by atoms with Crippen molar-refractivity contribution in [1.29, 1.82) is 0 Å². The molecule has 0 aromatic carbocycles. The molecule has 0 amide bonds. The van der Waals surface area contributed by atoms with E-state index in [1.807, 2.05) is 0 Å². The van der Waals surface area contributed by atoms with E-state index in [2.05, 4.69) is 5.14 Å². The molecule has 0 saturated heterocycles. The Morgan fingerprint density at radius 1 is 1.31 bits per heavy atom. The largest absolute Gasteiger partial charge is 0.451 e. The number of halogens is 3. The van der Waals surface area contributed by atoms with Crippen molar-refractivity contribution >= 4 is 15.8 Å². The Balaban J connectivity index is 3.05. The Morgan fingerprint density at radius 2 is 1.69 bits per heavy atom. The second kappa shape index (κ2) is 2.44. The Kier molecular flexibility index (Phi) is 1.96. The van der Waals surface area contributed by atoms with E-state index in [9.17, 15) is 26.4 Å². The van der Waals surface area contributed by atoms with Crippen LogP contribution >= 0.6 is 0 Å². The van der Waals surface area contributed by atoms with Gasteiger partial charge in [0.1, 0.15) is 0 Å². The molecule has 1 saturated carbocycles. The monoisotopic (exact) mass is 217 g/mol. The third-order valence-electron chi connectivity index (χ3n) is 1.92. The molecule has 8 heteroatoms. The van der Waals surface area contributed by atoms with Gasteiger partial charge in [0.05, 0.1) is 0 Å². The van der Waals surface area contributed by atoms with Crippen molar-refractivity contribution in [2.75, 3.05) is 0 Å². The third kappa shape index (κ3) is 1.55. The van der Waals surface area contributed by atoms with Crippen LogP contribution in [0.3, 0.4) is 0 Å². The Labute approximate surface area is 72.0 Å². The molecule has 0 heterocycles. The van der Waals surface area contributed by atoms with Gasteiger partial charge in [0, 0.05) is 0 Å². The highest BCUT2D eigenvalue weighted by Crippen LogP contribution is 2.46. The van der Waals surface area contributed by atoms with E-state index >= 15 is 0 Å². The summed E-state index contributed by atoms with van der Waals surface area (Å²) in [6, 6.07) is 0. The first-order valence-corrected chi connectivity index (χ1v) is 4.80. The second-order valence-corrected chi connectivity index (χ2v) is 4.74. The van der Waals surface area contributed by atoms with Crippen LogP contribution in [0, 0.1) is 0 Å². The van der Waals surface area contributed by atoms with Crippen molar-refractivity contribution in [2.45, 2.75) is 23.8 Å². The van der Waals surface area contributed by atoms with Gasteiger partial charge in [-0.15, -0.1) is 0 Å². The molecule has 0 bridgehead atoms. The molecule has 13 heavy (non-hydrogen) atoms. The highest BCUT2D eigenvalue weighted by atomic mass is 32.2. The standard InChI is InChI=1S/C5H6F3NO3S/c6-5(7,8)3(10)4(1-2-4)13(9,11)12/h1-2H2,(H2,9,11,12). The van der Waals surface area contributed by atoms with Gasteiger partial charge in [-0.2, -0.15) is 13.2 Å². The first kappa shape index (κ1) is 10.5. The Bertz CT molecular complexity index is 341. The minimum Gasteiger partial charge on any atom is -0.288 e. The van der Waals surface area contributed by atoms with Crippen LogP contribution in [0.4, 0.5) is 13.2 Å².